The highest BCUT2D eigenvalue weighted by molar-refractivity contribution is 5.73. The molecular weight excluding hydrogens is 437 g/mol. The molecule has 0 amide bonds. The minimum atomic E-state index is -5.08. The quantitative estimate of drug-likeness (QED) is 0.489. The maximum atomic E-state index is 10.6. The molecule has 2 aromatic carbocycles. The number of carboxylic acids is 1. The molecule has 4 N–H and O–H groups in total. The molecule has 0 atom stereocenters. The third-order valence-corrected chi connectivity index (χ3v) is 5.71. The molecule has 0 spiro atoms. The number of carboxylic acid groups (broad SMARTS) is 1. The number of methoxy groups -OCH3 is 1. The first-order chi connectivity index (χ1) is 15.7. The van der Waals surface area contributed by atoms with Crippen LogP contribution in [0, 0.1) is 0 Å². The summed E-state index contributed by atoms with van der Waals surface area (Å²) in [6.07, 6.45) is -0.169. The Morgan fingerprint density at radius 3 is 2.06 bits per heavy atom. The number of aliphatic hydroxyl groups excluding tert-OH is 1. The molecule has 3 rings (SSSR count). The van der Waals surface area contributed by atoms with E-state index in [1.54, 1.807) is 7.11 Å². The van der Waals surface area contributed by atoms with E-state index in [-0.39, 0.29) is 6.61 Å². The van der Waals surface area contributed by atoms with Crippen molar-refractivity contribution >= 4 is 5.97 Å². The van der Waals surface area contributed by atoms with Crippen molar-refractivity contribution < 1.29 is 32.9 Å². The molecule has 1 saturated carbocycles. The molecule has 1 aliphatic rings. The molecule has 0 saturated heterocycles. The van der Waals surface area contributed by atoms with Crippen LogP contribution < -0.4 is 15.4 Å². The first-order valence-electron chi connectivity index (χ1n) is 10.8. The van der Waals surface area contributed by atoms with Crippen molar-refractivity contribution in [2.24, 2.45) is 0 Å². The Kier molecular flexibility index (Phi) is 10.1. The predicted octanol–water partition coefficient (Wildman–Crippen LogP) is 4.11. The maximum absolute atomic E-state index is 10.6. The van der Waals surface area contributed by atoms with Crippen LogP contribution in [0.25, 0.3) is 11.1 Å². The summed E-state index contributed by atoms with van der Waals surface area (Å²) in [6, 6.07) is 15.7. The minimum Gasteiger partial charge on any atom is -0.496 e. The summed E-state index contributed by atoms with van der Waals surface area (Å²) in [5, 5.41) is 23.4. The lowest BCUT2D eigenvalue weighted by Crippen LogP contribution is -2.38. The van der Waals surface area contributed by atoms with E-state index in [4.69, 9.17) is 14.6 Å². The average Bonchev–Trinajstić information content (AvgIpc) is 2.82. The third-order valence-electron chi connectivity index (χ3n) is 5.71. The van der Waals surface area contributed by atoms with E-state index in [2.05, 4.69) is 41.9 Å². The molecule has 1 aliphatic carbocycles. The van der Waals surface area contributed by atoms with Gasteiger partial charge in [0.25, 0.3) is 0 Å². The van der Waals surface area contributed by atoms with Crippen LogP contribution in [-0.2, 0) is 17.9 Å². The van der Waals surface area contributed by atoms with Crippen molar-refractivity contribution in [1.82, 2.24) is 10.6 Å². The molecule has 6 nitrogen and oxygen atoms in total. The lowest BCUT2D eigenvalue weighted by atomic mass is 9.91. The molecule has 1 fully saturated rings. The van der Waals surface area contributed by atoms with Gasteiger partial charge in [0.05, 0.1) is 13.7 Å². The molecule has 0 unspecified atom stereocenters. The Balaban J connectivity index is 0.000000479. The largest absolute Gasteiger partial charge is 0.496 e. The van der Waals surface area contributed by atoms with Crippen molar-refractivity contribution in [1.29, 1.82) is 0 Å². The normalized spacial score (nSPS) is 18.2. The fourth-order valence-electron chi connectivity index (χ4n) is 3.74. The zero-order valence-corrected chi connectivity index (χ0v) is 18.8. The SMILES string of the molecule is CNC1CCC(NCc2cc(-c3ccc(CO)cc3)ccc2OC)CC1.O=C(O)C(F)(F)F. The van der Waals surface area contributed by atoms with Crippen molar-refractivity contribution in [3.05, 3.63) is 53.6 Å². The number of carbonyl (C=O) groups is 1. The van der Waals surface area contributed by atoms with E-state index in [0.717, 1.165) is 23.4 Å². The number of hydrogen-bond donors (Lipinski definition) is 4. The van der Waals surface area contributed by atoms with Gasteiger partial charge in [-0.25, -0.2) is 4.79 Å². The van der Waals surface area contributed by atoms with E-state index >= 15 is 0 Å². The van der Waals surface area contributed by atoms with Gasteiger partial charge in [-0.1, -0.05) is 30.3 Å². The molecule has 182 valence electrons. The summed E-state index contributed by atoms with van der Waals surface area (Å²) in [5.74, 6) is -1.83. The minimum absolute atomic E-state index is 0.0772. The van der Waals surface area contributed by atoms with E-state index in [0.29, 0.717) is 12.1 Å². The Labute approximate surface area is 191 Å². The van der Waals surface area contributed by atoms with Gasteiger partial charge in [0.1, 0.15) is 5.75 Å². The monoisotopic (exact) mass is 468 g/mol. The number of aliphatic hydroxyl groups is 1. The van der Waals surface area contributed by atoms with Crippen molar-refractivity contribution in [3.63, 3.8) is 0 Å². The molecule has 0 radical (unpaired) electrons. The standard InChI is InChI=1S/C22H30N2O2.C2HF3O2/c1-23-20-8-10-21(11-9-20)24-14-19-13-18(7-12-22(19)26-2)17-5-3-16(15-25)4-6-17;3-2(4,5)1(6)7/h3-7,12-13,20-21,23-25H,8-11,14-15H2,1-2H3;(H,6,7). The molecule has 0 bridgehead atoms. The zero-order valence-electron chi connectivity index (χ0n) is 18.8. The van der Waals surface area contributed by atoms with E-state index in [9.17, 15) is 18.3 Å². The summed E-state index contributed by atoms with van der Waals surface area (Å²) in [4.78, 5) is 8.90. The smallest absolute Gasteiger partial charge is 0.490 e. The highest BCUT2D eigenvalue weighted by Gasteiger charge is 2.38. The van der Waals surface area contributed by atoms with Crippen molar-refractivity contribution in [2.75, 3.05) is 14.2 Å². The van der Waals surface area contributed by atoms with Gasteiger partial charge < -0.3 is 25.6 Å². The first kappa shape index (κ1) is 26.6. The maximum Gasteiger partial charge on any atom is 0.490 e. The summed E-state index contributed by atoms with van der Waals surface area (Å²) in [5.41, 5.74) is 4.44. The highest BCUT2D eigenvalue weighted by atomic mass is 19.4. The Morgan fingerprint density at radius 2 is 1.58 bits per heavy atom. The second-order valence-corrected chi connectivity index (χ2v) is 7.90. The van der Waals surface area contributed by atoms with Gasteiger partial charge in [-0.3, -0.25) is 0 Å². The zero-order chi connectivity index (χ0) is 24.4. The predicted molar refractivity (Wildman–Crippen MR) is 120 cm³/mol. The van der Waals surface area contributed by atoms with Crippen LogP contribution in [0.2, 0.25) is 0 Å². The second kappa shape index (κ2) is 12.6. The van der Waals surface area contributed by atoms with Crippen LogP contribution in [-0.4, -0.2) is 48.6 Å². The fourth-order valence-corrected chi connectivity index (χ4v) is 3.74. The second-order valence-electron chi connectivity index (χ2n) is 7.90. The molecule has 9 heteroatoms. The van der Waals surface area contributed by atoms with Gasteiger partial charge in [-0.15, -0.1) is 0 Å². The summed E-state index contributed by atoms with van der Waals surface area (Å²) in [6.45, 7) is 0.897. The van der Waals surface area contributed by atoms with Gasteiger partial charge in [-0.05, 0) is 61.6 Å². The summed E-state index contributed by atoms with van der Waals surface area (Å²) in [7, 11) is 3.79. The van der Waals surface area contributed by atoms with Crippen LogP contribution in [0.1, 0.15) is 36.8 Å². The van der Waals surface area contributed by atoms with Gasteiger partial charge in [0, 0.05) is 24.2 Å². The fraction of sp³-hybridized carbons (Fsp3) is 0.458. The average molecular weight is 469 g/mol. The van der Waals surface area contributed by atoms with Crippen LogP contribution in [0.3, 0.4) is 0 Å². The number of alkyl halides is 3. The number of halogens is 3. The molecule has 0 aliphatic heterocycles. The number of rotatable bonds is 7. The van der Waals surface area contributed by atoms with Gasteiger partial charge >= 0.3 is 12.1 Å². The first-order valence-corrected chi connectivity index (χ1v) is 10.8. The molecular formula is C24H31F3N2O4. The molecule has 0 heterocycles. The number of nitrogens with one attached hydrogen (secondary N) is 2. The van der Waals surface area contributed by atoms with Crippen LogP contribution in [0.15, 0.2) is 42.5 Å². The molecule has 2 aromatic rings. The van der Waals surface area contributed by atoms with Crippen LogP contribution in [0.5, 0.6) is 5.75 Å². The number of hydrogen-bond acceptors (Lipinski definition) is 5. The van der Waals surface area contributed by atoms with E-state index in [1.807, 2.05) is 18.2 Å². The lowest BCUT2D eigenvalue weighted by Gasteiger charge is -2.29. The highest BCUT2D eigenvalue weighted by Crippen LogP contribution is 2.28. The number of benzene rings is 2. The van der Waals surface area contributed by atoms with Crippen molar-refractivity contribution in [3.8, 4) is 16.9 Å². The van der Waals surface area contributed by atoms with Gasteiger partial charge in [0.15, 0.2) is 0 Å². The lowest BCUT2D eigenvalue weighted by molar-refractivity contribution is -0.192. The Hall–Kier alpha value is -2.62. The molecule has 0 aromatic heterocycles. The number of aliphatic carboxylic acids is 1. The third kappa shape index (κ3) is 8.34. The molecule has 33 heavy (non-hydrogen) atoms. The number of ether oxygens (including phenoxy) is 1. The van der Waals surface area contributed by atoms with Crippen LogP contribution >= 0.6 is 0 Å². The topological polar surface area (TPSA) is 90.8 Å². The van der Waals surface area contributed by atoms with E-state index in [1.165, 1.54) is 36.8 Å². The Bertz CT molecular complexity index is 880. The van der Waals surface area contributed by atoms with Gasteiger partial charge in [-0.2, -0.15) is 13.2 Å². The Morgan fingerprint density at radius 1 is 1.03 bits per heavy atom. The van der Waals surface area contributed by atoms with Crippen LogP contribution in [0.4, 0.5) is 13.2 Å². The van der Waals surface area contributed by atoms with E-state index < -0.39 is 12.1 Å². The summed E-state index contributed by atoms with van der Waals surface area (Å²) >= 11 is 0. The van der Waals surface area contributed by atoms with Gasteiger partial charge in [0.2, 0.25) is 0 Å². The van der Waals surface area contributed by atoms with Crippen molar-refractivity contribution in [2.45, 2.75) is 57.1 Å². The summed E-state index contributed by atoms with van der Waals surface area (Å²) < 4.78 is 37.3.